The molecule has 28 heavy (non-hydrogen) atoms. The topological polar surface area (TPSA) is 97.2 Å². The van der Waals surface area contributed by atoms with Crippen molar-refractivity contribution < 1.29 is 29.2 Å². The molecule has 0 aliphatic rings. The van der Waals surface area contributed by atoms with Crippen molar-refractivity contribution in [3.63, 3.8) is 0 Å². The molecule has 0 fully saturated rings. The van der Waals surface area contributed by atoms with Gasteiger partial charge in [0.25, 0.3) is 0 Å². The lowest BCUT2D eigenvalue weighted by Gasteiger charge is -2.26. The molecule has 0 saturated carbocycles. The third-order valence-electron chi connectivity index (χ3n) is 4.13. The average molecular weight is 389 g/mol. The second-order valence-electron chi connectivity index (χ2n) is 6.25. The number of hydrogen-bond acceptors (Lipinski definition) is 6. The molecule has 0 aromatic heterocycles. The fraction of sp³-hybridized carbons (Fsp3) is 0.381. The van der Waals surface area contributed by atoms with E-state index in [0.29, 0.717) is 23.4 Å². The van der Waals surface area contributed by atoms with E-state index < -0.39 is 18.3 Å². The fourth-order valence-electron chi connectivity index (χ4n) is 2.72. The summed E-state index contributed by atoms with van der Waals surface area (Å²) in [6.45, 7) is 1.91. The molecule has 0 heterocycles. The summed E-state index contributed by atoms with van der Waals surface area (Å²) in [6.07, 6.45) is -1.63. The molecule has 2 aromatic carbocycles. The van der Waals surface area contributed by atoms with Crippen molar-refractivity contribution in [2.75, 3.05) is 32.2 Å². The van der Waals surface area contributed by atoms with Gasteiger partial charge in [0.05, 0.1) is 6.61 Å². The van der Waals surface area contributed by atoms with E-state index in [4.69, 9.17) is 19.3 Å². The van der Waals surface area contributed by atoms with Gasteiger partial charge in [0, 0.05) is 25.8 Å². The Balaban J connectivity index is 2.19. The monoisotopic (exact) mass is 389 g/mol. The number of carbonyl (C=O) groups is 1. The molecule has 0 saturated heterocycles. The van der Waals surface area contributed by atoms with Crippen molar-refractivity contribution in [3.8, 4) is 5.75 Å². The Bertz CT molecular complexity index is 734. The number of aryl methyl sites for hydroxylation is 1. The van der Waals surface area contributed by atoms with Gasteiger partial charge in [0.1, 0.15) is 18.5 Å². The molecule has 2 atom stereocenters. The zero-order valence-corrected chi connectivity index (χ0v) is 16.1. The minimum atomic E-state index is -0.750. The van der Waals surface area contributed by atoms with Crippen molar-refractivity contribution >= 4 is 11.8 Å². The highest BCUT2D eigenvalue weighted by molar-refractivity contribution is 5.84. The second kappa shape index (κ2) is 11.3. The SMILES string of the molecule is CO[C@H](CCO)[C@H](OC(=O)Nc1ccc(C)cc1)c1cccc(OCCO)c1. The lowest BCUT2D eigenvalue weighted by atomic mass is 10.0. The highest BCUT2D eigenvalue weighted by Crippen LogP contribution is 2.29. The molecule has 3 N–H and O–H groups in total. The van der Waals surface area contributed by atoms with Crippen LogP contribution in [0.2, 0.25) is 0 Å². The maximum Gasteiger partial charge on any atom is 0.412 e. The molecule has 2 aromatic rings. The van der Waals surface area contributed by atoms with Crippen molar-refractivity contribution in [2.24, 2.45) is 0 Å². The number of aliphatic hydroxyl groups is 2. The molecular formula is C21H27NO6. The van der Waals surface area contributed by atoms with Crippen LogP contribution in [0, 0.1) is 6.92 Å². The highest BCUT2D eigenvalue weighted by Gasteiger charge is 2.27. The van der Waals surface area contributed by atoms with Crippen LogP contribution in [0.5, 0.6) is 5.75 Å². The van der Waals surface area contributed by atoms with Gasteiger partial charge in [0.15, 0.2) is 6.10 Å². The van der Waals surface area contributed by atoms with Crippen LogP contribution < -0.4 is 10.1 Å². The first-order valence-corrected chi connectivity index (χ1v) is 9.09. The summed E-state index contributed by atoms with van der Waals surface area (Å²) in [5.74, 6) is 0.540. The quantitative estimate of drug-likeness (QED) is 0.578. The third kappa shape index (κ3) is 6.53. The number of carbonyl (C=O) groups excluding carboxylic acids is 1. The van der Waals surface area contributed by atoms with E-state index in [1.54, 1.807) is 36.4 Å². The molecular weight excluding hydrogens is 362 g/mol. The molecule has 0 unspecified atom stereocenters. The minimum Gasteiger partial charge on any atom is -0.491 e. The van der Waals surface area contributed by atoms with Crippen molar-refractivity contribution in [2.45, 2.75) is 25.6 Å². The summed E-state index contributed by atoms with van der Waals surface area (Å²) in [5, 5.41) is 21.0. The van der Waals surface area contributed by atoms with Gasteiger partial charge < -0.3 is 24.4 Å². The van der Waals surface area contributed by atoms with Crippen LogP contribution in [0.4, 0.5) is 10.5 Å². The summed E-state index contributed by atoms with van der Waals surface area (Å²) in [6, 6.07) is 14.4. The number of benzene rings is 2. The Morgan fingerprint density at radius 3 is 2.50 bits per heavy atom. The average Bonchev–Trinajstić information content (AvgIpc) is 2.71. The summed E-state index contributed by atoms with van der Waals surface area (Å²) >= 11 is 0. The standard InChI is InChI=1S/C21H27NO6/c1-15-6-8-17(9-7-15)22-21(25)28-20(19(26-2)10-11-23)16-4-3-5-18(14-16)27-13-12-24/h3-9,14,19-20,23-24H,10-13H2,1-2H3,(H,22,25)/t19-,20-/m1/s1. The number of ether oxygens (including phenoxy) is 3. The van der Waals surface area contributed by atoms with Crippen LogP contribution in [0.1, 0.15) is 23.7 Å². The Morgan fingerprint density at radius 2 is 1.86 bits per heavy atom. The number of nitrogens with one attached hydrogen (secondary N) is 1. The maximum absolute atomic E-state index is 12.4. The van der Waals surface area contributed by atoms with E-state index in [-0.39, 0.29) is 19.8 Å². The number of anilines is 1. The first-order chi connectivity index (χ1) is 13.6. The zero-order chi connectivity index (χ0) is 20.4. The Morgan fingerprint density at radius 1 is 1.11 bits per heavy atom. The summed E-state index contributed by atoms with van der Waals surface area (Å²) in [7, 11) is 1.50. The van der Waals surface area contributed by atoms with Gasteiger partial charge in [-0.15, -0.1) is 0 Å². The number of hydrogen-bond donors (Lipinski definition) is 3. The van der Waals surface area contributed by atoms with E-state index in [1.165, 1.54) is 7.11 Å². The first-order valence-electron chi connectivity index (χ1n) is 9.09. The second-order valence-corrected chi connectivity index (χ2v) is 6.25. The summed E-state index contributed by atoms with van der Waals surface area (Å²) in [4.78, 5) is 12.4. The van der Waals surface area contributed by atoms with Crippen molar-refractivity contribution in [3.05, 3.63) is 59.7 Å². The number of aliphatic hydroxyl groups excluding tert-OH is 2. The van der Waals surface area contributed by atoms with Crippen molar-refractivity contribution in [1.82, 2.24) is 0 Å². The van der Waals surface area contributed by atoms with Gasteiger partial charge in [-0.3, -0.25) is 5.32 Å². The molecule has 0 radical (unpaired) electrons. The van der Waals surface area contributed by atoms with Crippen LogP contribution >= 0.6 is 0 Å². The lowest BCUT2D eigenvalue weighted by molar-refractivity contribution is -0.0306. The lowest BCUT2D eigenvalue weighted by Crippen LogP contribution is -2.29. The molecule has 1 amide bonds. The molecule has 7 heteroatoms. The van der Waals surface area contributed by atoms with E-state index in [1.807, 2.05) is 19.1 Å². The zero-order valence-electron chi connectivity index (χ0n) is 16.1. The Labute approximate surface area is 164 Å². The van der Waals surface area contributed by atoms with Gasteiger partial charge in [-0.1, -0.05) is 29.8 Å². The van der Waals surface area contributed by atoms with E-state index in [9.17, 15) is 9.90 Å². The molecule has 0 aliphatic carbocycles. The van der Waals surface area contributed by atoms with Crippen LogP contribution in [0.3, 0.4) is 0 Å². The predicted molar refractivity (Wildman–Crippen MR) is 106 cm³/mol. The molecule has 2 rings (SSSR count). The normalized spacial score (nSPS) is 12.9. The molecule has 0 aliphatic heterocycles. The van der Waals surface area contributed by atoms with Gasteiger partial charge >= 0.3 is 6.09 Å². The van der Waals surface area contributed by atoms with E-state index in [0.717, 1.165) is 5.56 Å². The van der Waals surface area contributed by atoms with E-state index in [2.05, 4.69) is 5.32 Å². The maximum atomic E-state index is 12.4. The largest absolute Gasteiger partial charge is 0.491 e. The summed E-state index contributed by atoms with van der Waals surface area (Å²) < 4.78 is 16.5. The van der Waals surface area contributed by atoms with Crippen LogP contribution in [-0.2, 0) is 9.47 Å². The summed E-state index contributed by atoms with van der Waals surface area (Å²) in [5.41, 5.74) is 2.36. The van der Waals surface area contributed by atoms with Crippen LogP contribution in [-0.4, -0.2) is 49.3 Å². The number of methoxy groups -OCH3 is 1. The first kappa shape index (κ1) is 21.7. The van der Waals surface area contributed by atoms with Crippen LogP contribution in [0.15, 0.2) is 48.5 Å². The predicted octanol–water partition coefficient (Wildman–Crippen LogP) is 3.05. The fourth-order valence-corrected chi connectivity index (χ4v) is 2.72. The van der Waals surface area contributed by atoms with Crippen molar-refractivity contribution in [1.29, 1.82) is 0 Å². The Kier molecular flexibility index (Phi) is 8.74. The van der Waals surface area contributed by atoms with Gasteiger partial charge in [-0.2, -0.15) is 0 Å². The highest BCUT2D eigenvalue weighted by atomic mass is 16.6. The third-order valence-corrected chi connectivity index (χ3v) is 4.13. The van der Waals surface area contributed by atoms with Crippen LogP contribution in [0.25, 0.3) is 0 Å². The van der Waals surface area contributed by atoms with E-state index >= 15 is 0 Å². The van der Waals surface area contributed by atoms with Gasteiger partial charge in [-0.05, 0) is 36.8 Å². The molecule has 0 bridgehead atoms. The van der Waals surface area contributed by atoms with Gasteiger partial charge in [0.2, 0.25) is 0 Å². The van der Waals surface area contributed by atoms with Gasteiger partial charge in [-0.25, -0.2) is 4.79 Å². The number of rotatable bonds is 10. The molecule has 152 valence electrons. The minimum absolute atomic E-state index is 0.103. The number of amides is 1. The molecule has 0 spiro atoms. The molecule has 7 nitrogen and oxygen atoms in total. The smallest absolute Gasteiger partial charge is 0.412 e. The Hall–Kier alpha value is -2.61.